The van der Waals surface area contributed by atoms with Crippen molar-refractivity contribution in [2.75, 3.05) is 18.4 Å². The highest BCUT2D eigenvalue weighted by Crippen LogP contribution is 2.34. The minimum Gasteiger partial charge on any atom is -0.387 e. The fourth-order valence-corrected chi connectivity index (χ4v) is 4.70. The van der Waals surface area contributed by atoms with E-state index >= 15 is 0 Å². The summed E-state index contributed by atoms with van der Waals surface area (Å²) in [6, 6.07) is 2.05. The number of nitrogens with two attached hydrogens (primary N) is 1. The molecule has 0 amide bonds. The molecular weight excluding hydrogens is 479 g/mol. The van der Waals surface area contributed by atoms with Crippen molar-refractivity contribution in [1.29, 1.82) is 0 Å². The number of anilines is 1. The summed E-state index contributed by atoms with van der Waals surface area (Å²) in [6.07, 6.45) is 11.9. The number of nitrogens with one attached hydrogen (secondary N) is 2. The molecule has 200 valence electrons. The van der Waals surface area contributed by atoms with Crippen LogP contribution in [0.1, 0.15) is 69.8 Å². The normalized spacial score (nSPS) is 23.6. The Labute approximate surface area is 216 Å². The zero-order valence-corrected chi connectivity index (χ0v) is 21.1. The number of hydrogen-bond donors (Lipinski definition) is 3. The van der Waals surface area contributed by atoms with Crippen LogP contribution < -0.4 is 16.4 Å². The fraction of sp³-hybridized carbons (Fsp3) is 0.536. The lowest BCUT2D eigenvalue weighted by Gasteiger charge is -2.17. The molecule has 0 bridgehead atoms. The molecule has 1 aromatic rings. The second-order valence-electron chi connectivity index (χ2n) is 10.0. The average molecular weight is 516 g/mol. The Kier molecular flexibility index (Phi) is 9.18. The van der Waals surface area contributed by atoms with Crippen LogP contribution in [0.15, 0.2) is 52.6 Å². The summed E-state index contributed by atoms with van der Waals surface area (Å²) in [5.41, 5.74) is 7.23. The quantitative estimate of drug-likeness (QED) is 0.277. The van der Waals surface area contributed by atoms with Gasteiger partial charge in [0.2, 0.25) is 0 Å². The number of aromatic nitrogens is 1. The number of halogens is 3. The van der Waals surface area contributed by atoms with E-state index in [1.165, 1.54) is 5.57 Å². The minimum atomic E-state index is -4.50. The summed E-state index contributed by atoms with van der Waals surface area (Å²) < 4.78 is 40.0. The molecule has 4 N–H and O–H groups in total. The first-order valence-electron chi connectivity index (χ1n) is 13.3. The molecule has 0 radical (unpaired) electrons. The van der Waals surface area contributed by atoms with Crippen LogP contribution in [0.5, 0.6) is 0 Å². The number of allylic oxidation sites excluding steroid dienone is 6. The van der Waals surface area contributed by atoms with Gasteiger partial charge in [-0.2, -0.15) is 13.2 Å². The van der Waals surface area contributed by atoms with E-state index in [0.717, 1.165) is 70.2 Å². The van der Waals surface area contributed by atoms with Crippen LogP contribution in [0.4, 0.5) is 24.8 Å². The molecule has 0 aromatic carbocycles. The van der Waals surface area contributed by atoms with E-state index in [-0.39, 0.29) is 29.3 Å². The number of Topliss-reactive ketones (excluding diaryl/α,β-unsaturated/α-hetero) is 1. The summed E-state index contributed by atoms with van der Waals surface area (Å²) in [7, 11) is 0. The number of amidine groups is 1. The first-order valence-corrected chi connectivity index (χ1v) is 13.3. The topological polar surface area (TPSA) is 92.4 Å². The largest absolute Gasteiger partial charge is 0.416 e. The smallest absolute Gasteiger partial charge is 0.387 e. The number of pyridine rings is 1. The van der Waals surface area contributed by atoms with Crippen molar-refractivity contribution >= 4 is 23.3 Å². The van der Waals surface area contributed by atoms with Gasteiger partial charge in [0.15, 0.2) is 11.6 Å². The van der Waals surface area contributed by atoms with E-state index in [1.54, 1.807) is 0 Å². The van der Waals surface area contributed by atoms with E-state index in [2.05, 4.69) is 32.8 Å². The number of hydrogen-bond acceptors (Lipinski definition) is 5. The summed E-state index contributed by atoms with van der Waals surface area (Å²) in [4.78, 5) is 21.2. The van der Waals surface area contributed by atoms with Crippen LogP contribution in [-0.4, -0.2) is 35.7 Å². The van der Waals surface area contributed by atoms with Crippen LogP contribution in [0, 0.1) is 5.92 Å². The Balaban J connectivity index is 1.33. The second kappa shape index (κ2) is 12.5. The van der Waals surface area contributed by atoms with Crippen molar-refractivity contribution in [3.8, 4) is 0 Å². The zero-order chi connectivity index (χ0) is 26.3. The molecule has 1 unspecified atom stereocenters. The van der Waals surface area contributed by atoms with Crippen LogP contribution in [0.2, 0.25) is 0 Å². The zero-order valence-electron chi connectivity index (χ0n) is 21.1. The Morgan fingerprint density at radius 1 is 1.08 bits per heavy atom. The molecule has 1 atom stereocenters. The summed E-state index contributed by atoms with van der Waals surface area (Å²) in [6.45, 7) is 2.08. The first-order chi connectivity index (χ1) is 17.8. The third kappa shape index (κ3) is 8.55. The Hall–Kier alpha value is -2.94. The van der Waals surface area contributed by atoms with Gasteiger partial charge in [0, 0.05) is 24.5 Å². The number of alkyl halides is 3. The monoisotopic (exact) mass is 515 g/mol. The van der Waals surface area contributed by atoms with Crippen molar-refractivity contribution < 1.29 is 18.0 Å². The minimum absolute atomic E-state index is 0.0425. The molecule has 1 saturated heterocycles. The van der Waals surface area contributed by atoms with Gasteiger partial charge in [-0.05, 0) is 88.1 Å². The molecule has 37 heavy (non-hydrogen) atoms. The van der Waals surface area contributed by atoms with Gasteiger partial charge in [0.05, 0.1) is 5.56 Å². The number of rotatable bonds is 9. The number of carbonyl (C=O) groups is 1. The molecule has 2 heterocycles. The highest BCUT2D eigenvalue weighted by atomic mass is 19.4. The molecule has 2 fully saturated rings. The number of aliphatic imine (C=N–C) groups is 1. The third-order valence-electron chi connectivity index (χ3n) is 6.90. The summed E-state index contributed by atoms with van der Waals surface area (Å²) >= 11 is 0. The Bertz CT molecular complexity index is 1080. The second-order valence-corrected chi connectivity index (χ2v) is 10.0. The summed E-state index contributed by atoms with van der Waals surface area (Å²) in [5.74, 6) is 0.796. The highest BCUT2D eigenvalue weighted by molar-refractivity contribution is 5.98. The maximum absolute atomic E-state index is 13.3. The SMILES string of the molecule is N/C(CCCC(=O)C1=CCC/C=C(C2CCCNCC2)/C=C\1)=N\c1cc(C(F)(F)F)cc(NC2CC2)n1. The van der Waals surface area contributed by atoms with Gasteiger partial charge in [0.25, 0.3) is 0 Å². The predicted octanol–water partition coefficient (Wildman–Crippen LogP) is 6.00. The number of carbonyl (C=O) groups excluding carboxylic acids is 1. The van der Waals surface area contributed by atoms with Gasteiger partial charge >= 0.3 is 6.18 Å². The molecule has 0 spiro atoms. The van der Waals surface area contributed by atoms with Crippen molar-refractivity contribution in [1.82, 2.24) is 10.3 Å². The van der Waals surface area contributed by atoms with Crippen molar-refractivity contribution in [2.45, 2.75) is 76.4 Å². The standard InChI is InChI=1S/C28H36F3N5O/c29-28(30,31)22-17-26(34-23-12-13-23)36-27(18-22)35-25(32)9-3-8-24(37)21-6-2-1-5-19(10-11-21)20-7-4-15-33-16-14-20/h5-6,10-11,17-18,20,23,33H,1-4,7-9,12-16H2,(H3,32,34,35,36)/b11-10-,19-5-,21-6?. The molecule has 9 heteroatoms. The molecule has 3 aliphatic rings. The van der Waals surface area contributed by atoms with Crippen LogP contribution in [-0.2, 0) is 11.0 Å². The molecule has 2 aliphatic carbocycles. The van der Waals surface area contributed by atoms with Gasteiger partial charge in [-0.1, -0.05) is 24.3 Å². The number of ketones is 1. The number of nitrogens with zero attached hydrogens (tertiary/aromatic N) is 2. The van der Waals surface area contributed by atoms with Crippen molar-refractivity contribution in [2.24, 2.45) is 16.6 Å². The van der Waals surface area contributed by atoms with Gasteiger partial charge in [-0.15, -0.1) is 0 Å². The molecule has 1 aromatic heterocycles. The lowest BCUT2D eigenvalue weighted by atomic mass is 9.88. The lowest BCUT2D eigenvalue weighted by Crippen LogP contribution is -2.14. The maximum atomic E-state index is 13.3. The van der Waals surface area contributed by atoms with Gasteiger partial charge < -0.3 is 16.4 Å². The predicted molar refractivity (Wildman–Crippen MR) is 141 cm³/mol. The molecular formula is C28H36F3N5O. The molecule has 1 saturated carbocycles. The fourth-order valence-electron chi connectivity index (χ4n) is 4.70. The summed E-state index contributed by atoms with van der Waals surface area (Å²) in [5, 5.41) is 6.43. The highest BCUT2D eigenvalue weighted by Gasteiger charge is 2.32. The molecule has 6 nitrogen and oxygen atoms in total. The van der Waals surface area contributed by atoms with Crippen LogP contribution >= 0.6 is 0 Å². The van der Waals surface area contributed by atoms with E-state index in [1.807, 2.05) is 12.2 Å². The van der Waals surface area contributed by atoms with Crippen LogP contribution in [0.3, 0.4) is 0 Å². The van der Waals surface area contributed by atoms with E-state index in [4.69, 9.17) is 5.73 Å². The third-order valence-corrected chi connectivity index (χ3v) is 6.90. The van der Waals surface area contributed by atoms with Gasteiger partial charge in [0.1, 0.15) is 11.7 Å². The van der Waals surface area contributed by atoms with Crippen molar-refractivity contribution in [3.05, 3.63) is 53.1 Å². The Morgan fingerprint density at radius 3 is 2.68 bits per heavy atom. The lowest BCUT2D eigenvalue weighted by molar-refractivity contribution is -0.137. The average Bonchev–Trinajstić information content (AvgIpc) is 3.66. The molecule has 1 aliphatic heterocycles. The van der Waals surface area contributed by atoms with Gasteiger partial charge in [-0.3, -0.25) is 4.79 Å². The molecule has 4 rings (SSSR count). The van der Waals surface area contributed by atoms with E-state index in [0.29, 0.717) is 30.8 Å². The van der Waals surface area contributed by atoms with E-state index in [9.17, 15) is 18.0 Å². The van der Waals surface area contributed by atoms with Crippen LogP contribution in [0.25, 0.3) is 0 Å². The maximum Gasteiger partial charge on any atom is 0.416 e. The van der Waals surface area contributed by atoms with Gasteiger partial charge in [-0.25, -0.2) is 9.98 Å². The Morgan fingerprint density at radius 2 is 1.89 bits per heavy atom. The first kappa shape index (κ1) is 27.1. The van der Waals surface area contributed by atoms with E-state index < -0.39 is 11.7 Å². The van der Waals surface area contributed by atoms with Crippen molar-refractivity contribution in [3.63, 3.8) is 0 Å².